The zero-order valence-corrected chi connectivity index (χ0v) is 11.4. The number of methoxy groups -OCH3 is 1. The Morgan fingerprint density at radius 3 is 2.33 bits per heavy atom. The third kappa shape index (κ3) is 11.4. The van der Waals surface area contributed by atoms with Gasteiger partial charge in [0, 0.05) is 19.4 Å². The maximum atomic E-state index is 11.4. The van der Waals surface area contributed by atoms with Crippen molar-refractivity contribution in [3.05, 3.63) is 0 Å². The zero-order valence-electron chi connectivity index (χ0n) is 11.4. The summed E-state index contributed by atoms with van der Waals surface area (Å²) in [5.41, 5.74) is 5.39. The van der Waals surface area contributed by atoms with Gasteiger partial charge in [-0.25, -0.2) is 0 Å². The second-order valence-corrected chi connectivity index (χ2v) is 4.34. The van der Waals surface area contributed by atoms with Crippen LogP contribution in [0.3, 0.4) is 0 Å². The molecule has 0 aromatic heterocycles. The minimum absolute atomic E-state index is 0.0682. The van der Waals surface area contributed by atoms with Gasteiger partial charge in [0.15, 0.2) is 0 Å². The van der Waals surface area contributed by atoms with E-state index in [1.54, 1.807) is 0 Å². The first-order valence-electron chi connectivity index (χ1n) is 6.74. The Bertz CT molecular complexity index is 232. The fourth-order valence-corrected chi connectivity index (χ4v) is 1.60. The lowest BCUT2D eigenvalue weighted by molar-refractivity contribution is -0.140. The Labute approximate surface area is 109 Å². The van der Waals surface area contributed by atoms with Crippen molar-refractivity contribution in [2.75, 3.05) is 20.2 Å². The van der Waals surface area contributed by atoms with Gasteiger partial charge in [0.2, 0.25) is 5.91 Å². The van der Waals surface area contributed by atoms with Crippen LogP contribution in [0.4, 0.5) is 0 Å². The van der Waals surface area contributed by atoms with Crippen LogP contribution in [-0.4, -0.2) is 32.1 Å². The van der Waals surface area contributed by atoms with E-state index < -0.39 is 0 Å². The number of nitrogens with two attached hydrogens (primary N) is 1. The zero-order chi connectivity index (χ0) is 13.6. The van der Waals surface area contributed by atoms with Gasteiger partial charge in [-0.15, -0.1) is 0 Å². The van der Waals surface area contributed by atoms with Crippen LogP contribution in [0.1, 0.15) is 51.4 Å². The summed E-state index contributed by atoms with van der Waals surface area (Å²) in [6.45, 7) is 1.48. The van der Waals surface area contributed by atoms with E-state index in [-0.39, 0.29) is 11.9 Å². The van der Waals surface area contributed by atoms with E-state index in [9.17, 15) is 9.59 Å². The highest BCUT2D eigenvalue weighted by Gasteiger charge is 2.03. The van der Waals surface area contributed by atoms with Gasteiger partial charge in [0.1, 0.15) is 0 Å². The van der Waals surface area contributed by atoms with Crippen molar-refractivity contribution >= 4 is 11.9 Å². The molecular formula is C13H26N2O3. The SMILES string of the molecule is COC(=O)CCCCC(=O)NCCCCCCN. The molecule has 0 heterocycles. The Hall–Kier alpha value is -1.10. The normalized spacial score (nSPS) is 10.1. The third-order valence-electron chi connectivity index (χ3n) is 2.72. The molecular weight excluding hydrogens is 232 g/mol. The lowest BCUT2D eigenvalue weighted by atomic mass is 10.1. The van der Waals surface area contributed by atoms with E-state index in [2.05, 4.69) is 10.1 Å². The van der Waals surface area contributed by atoms with Crippen LogP contribution in [-0.2, 0) is 14.3 Å². The Balaban J connectivity index is 3.25. The van der Waals surface area contributed by atoms with Crippen molar-refractivity contribution < 1.29 is 14.3 Å². The van der Waals surface area contributed by atoms with Crippen LogP contribution in [0.2, 0.25) is 0 Å². The molecule has 0 aromatic carbocycles. The first kappa shape index (κ1) is 16.9. The monoisotopic (exact) mass is 258 g/mol. The molecule has 0 saturated heterocycles. The summed E-state index contributed by atoms with van der Waals surface area (Å²) in [5, 5.41) is 2.88. The van der Waals surface area contributed by atoms with Crippen molar-refractivity contribution in [2.45, 2.75) is 51.4 Å². The summed E-state index contributed by atoms with van der Waals surface area (Å²) < 4.78 is 4.52. The quantitative estimate of drug-likeness (QED) is 0.433. The molecule has 0 spiro atoms. The molecule has 0 atom stereocenters. The second kappa shape index (κ2) is 12.4. The molecule has 0 aromatic rings. The molecule has 0 bridgehead atoms. The average Bonchev–Trinajstić information content (AvgIpc) is 2.38. The smallest absolute Gasteiger partial charge is 0.305 e. The second-order valence-electron chi connectivity index (χ2n) is 4.34. The largest absolute Gasteiger partial charge is 0.469 e. The molecule has 18 heavy (non-hydrogen) atoms. The lowest BCUT2D eigenvalue weighted by Gasteiger charge is -2.05. The number of esters is 1. The minimum atomic E-state index is -0.213. The number of hydrogen-bond acceptors (Lipinski definition) is 4. The minimum Gasteiger partial charge on any atom is -0.469 e. The van der Waals surface area contributed by atoms with Crippen LogP contribution in [0.25, 0.3) is 0 Å². The van der Waals surface area contributed by atoms with Gasteiger partial charge in [-0.05, 0) is 32.2 Å². The van der Waals surface area contributed by atoms with E-state index in [0.717, 1.165) is 45.2 Å². The van der Waals surface area contributed by atoms with Crippen LogP contribution < -0.4 is 11.1 Å². The molecule has 1 amide bonds. The maximum absolute atomic E-state index is 11.4. The van der Waals surface area contributed by atoms with E-state index in [4.69, 9.17) is 5.73 Å². The molecule has 0 fully saturated rings. The van der Waals surface area contributed by atoms with Gasteiger partial charge in [-0.2, -0.15) is 0 Å². The Morgan fingerprint density at radius 2 is 1.67 bits per heavy atom. The molecule has 0 aliphatic rings. The first-order chi connectivity index (χ1) is 8.70. The number of amides is 1. The van der Waals surface area contributed by atoms with Crippen molar-refractivity contribution in [3.63, 3.8) is 0 Å². The van der Waals surface area contributed by atoms with Gasteiger partial charge in [-0.1, -0.05) is 12.8 Å². The number of hydrogen-bond donors (Lipinski definition) is 2. The predicted octanol–water partition coefficient (Wildman–Crippen LogP) is 1.36. The molecule has 0 radical (unpaired) electrons. The van der Waals surface area contributed by atoms with Crippen molar-refractivity contribution in [1.82, 2.24) is 5.32 Å². The Kier molecular flexibility index (Phi) is 11.6. The molecule has 3 N–H and O–H groups in total. The summed E-state index contributed by atoms with van der Waals surface area (Å²) in [5.74, 6) is -0.144. The summed E-state index contributed by atoms with van der Waals surface area (Å²) in [6, 6.07) is 0. The number of ether oxygens (including phenoxy) is 1. The summed E-state index contributed by atoms with van der Waals surface area (Å²) in [4.78, 5) is 22.2. The first-order valence-corrected chi connectivity index (χ1v) is 6.74. The van der Waals surface area contributed by atoms with E-state index in [0.29, 0.717) is 19.3 Å². The van der Waals surface area contributed by atoms with Crippen LogP contribution in [0, 0.1) is 0 Å². The fourth-order valence-electron chi connectivity index (χ4n) is 1.60. The molecule has 0 unspecified atom stereocenters. The Morgan fingerprint density at radius 1 is 1.00 bits per heavy atom. The average molecular weight is 258 g/mol. The number of carbonyl (C=O) groups excluding carboxylic acids is 2. The van der Waals surface area contributed by atoms with Gasteiger partial charge in [0.05, 0.1) is 7.11 Å². The van der Waals surface area contributed by atoms with Gasteiger partial charge >= 0.3 is 5.97 Å². The molecule has 5 nitrogen and oxygen atoms in total. The lowest BCUT2D eigenvalue weighted by Crippen LogP contribution is -2.24. The molecule has 0 saturated carbocycles. The van der Waals surface area contributed by atoms with E-state index in [1.165, 1.54) is 7.11 Å². The van der Waals surface area contributed by atoms with Gasteiger partial charge in [-0.3, -0.25) is 9.59 Å². The van der Waals surface area contributed by atoms with Crippen molar-refractivity contribution in [2.24, 2.45) is 5.73 Å². The number of carbonyl (C=O) groups is 2. The van der Waals surface area contributed by atoms with E-state index in [1.807, 2.05) is 0 Å². The number of rotatable bonds is 11. The molecule has 106 valence electrons. The van der Waals surface area contributed by atoms with Gasteiger partial charge in [0.25, 0.3) is 0 Å². The molecule has 0 aliphatic carbocycles. The maximum Gasteiger partial charge on any atom is 0.305 e. The highest BCUT2D eigenvalue weighted by Crippen LogP contribution is 2.01. The number of unbranched alkanes of at least 4 members (excludes halogenated alkanes) is 4. The van der Waals surface area contributed by atoms with Crippen molar-refractivity contribution in [1.29, 1.82) is 0 Å². The standard InChI is InChI=1S/C13H26N2O3/c1-18-13(17)9-5-4-8-12(16)15-11-7-3-2-6-10-14/h2-11,14H2,1H3,(H,15,16). The van der Waals surface area contributed by atoms with E-state index >= 15 is 0 Å². The third-order valence-corrected chi connectivity index (χ3v) is 2.72. The fraction of sp³-hybridized carbons (Fsp3) is 0.846. The van der Waals surface area contributed by atoms with Crippen LogP contribution in [0.5, 0.6) is 0 Å². The molecule has 0 rings (SSSR count). The summed E-state index contributed by atoms with van der Waals surface area (Å²) in [6.07, 6.45) is 6.62. The number of nitrogens with one attached hydrogen (secondary N) is 1. The topological polar surface area (TPSA) is 81.4 Å². The van der Waals surface area contributed by atoms with Crippen molar-refractivity contribution in [3.8, 4) is 0 Å². The molecule has 5 heteroatoms. The van der Waals surface area contributed by atoms with Crippen LogP contribution in [0.15, 0.2) is 0 Å². The summed E-state index contributed by atoms with van der Waals surface area (Å²) >= 11 is 0. The molecule has 0 aliphatic heterocycles. The highest BCUT2D eigenvalue weighted by atomic mass is 16.5. The highest BCUT2D eigenvalue weighted by molar-refractivity contribution is 5.75. The summed E-state index contributed by atoms with van der Waals surface area (Å²) in [7, 11) is 1.37. The van der Waals surface area contributed by atoms with Crippen LogP contribution >= 0.6 is 0 Å². The predicted molar refractivity (Wildman–Crippen MR) is 71.0 cm³/mol. The van der Waals surface area contributed by atoms with Gasteiger partial charge < -0.3 is 15.8 Å².